The maximum atomic E-state index is 12.0. The predicted octanol–water partition coefficient (Wildman–Crippen LogP) is 2.87. The van der Waals surface area contributed by atoms with Gasteiger partial charge in [0.25, 0.3) is 0 Å². The van der Waals surface area contributed by atoms with Crippen LogP contribution in [0.5, 0.6) is 0 Å². The molecule has 2 aromatic rings. The van der Waals surface area contributed by atoms with Crippen molar-refractivity contribution in [1.29, 1.82) is 0 Å². The second-order valence-corrected chi connectivity index (χ2v) is 7.19. The zero-order valence-corrected chi connectivity index (χ0v) is 14.1. The Labute approximate surface area is 140 Å². The summed E-state index contributed by atoms with van der Waals surface area (Å²) in [6, 6.07) is 11.4. The summed E-state index contributed by atoms with van der Waals surface area (Å²) in [5.41, 5.74) is 2.48. The molecule has 0 heterocycles. The van der Waals surface area contributed by atoms with E-state index in [0.29, 0.717) is 11.4 Å². The van der Waals surface area contributed by atoms with Crippen LogP contribution in [0.15, 0.2) is 47.4 Å². The number of primary sulfonamides is 1. The van der Waals surface area contributed by atoms with E-state index in [1.807, 2.05) is 6.92 Å². The van der Waals surface area contributed by atoms with Crippen molar-refractivity contribution >= 4 is 33.2 Å². The lowest BCUT2D eigenvalue weighted by molar-refractivity contribution is -0.116. The van der Waals surface area contributed by atoms with E-state index in [4.69, 9.17) is 16.7 Å². The van der Waals surface area contributed by atoms with E-state index in [1.54, 1.807) is 30.3 Å². The van der Waals surface area contributed by atoms with E-state index in [0.717, 1.165) is 16.8 Å². The molecule has 0 saturated heterocycles. The number of sulfonamides is 1. The molecular formula is C16H17ClN2O3S. The minimum atomic E-state index is -3.69. The zero-order chi connectivity index (χ0) is 17.0. The van der Waals surface area contributed by atoms with Crippen molar-refractivity contribution in [3.63, 3.8) is 0 Å². The Balaban J connectivity index is 1.94. The first-order valence-corrected chi connectivity index (χ1v) is 8.86. The normalized spacial score (nSPS) is 11.3. The average molecular weight is 353 g/mol. The van der Waals surface area contributed by atoms with Crippen LogP contribution in [-0.4, -0.2) is 14.3 Å². The molecule has 1 amide bonds. The number of nitrogens with one attached hydrogen (secondary N) is 1. The van der Waals surface area contributed by atoms with Gasteiger partial charge in [0.05, 0.1) is 4.90 Å². The third kappa shape index (κ3) is 5.06. The van der Waals surface area contributed by atoms with Crippen LogP contribution >= 0.6 is 11.6 Å². The van der Waals surface area contributed by atoms with Gasteiger partial charge in [-0.15, -0.1) is 0 Å². The van der Waals surface area contributed by atoms with Crippen LogP contribution in [0.1, 0.15) is 17.5 Å². The van der Waals surface area contributed by atoms with Crippen LogP contribution in [0.4, 0.5) is 5.69 Å². The lowest BCUT2D eigenvalue weighted by Gasteiger charge is -2.09. The van der Waals surface area contributed by atoms with Gasteiger partial charge < -0.3 is 5.32 Å². The van der Waals surface area contributed by atoms with Crippen LogP contribution in [0.25, 0.3) is 0 Å². The molecule has 122 valence electrons. The highest BCUT2D eigenvalue weighted by molar-refractivity contribution is 7.89. The first-order valence-electron chi connectivity index (χ1n) is 6.93. The second-order valence-electron chi connectivity index (χ2n) is 5.20. The molecule has 0 aliphatic heterocycles. The highest BCUT2D eigenvalue weighted by Crippen LogP contribution is 2.20. The van der Waals surface area contributed by atoms with E-state index in [-0.39, 0.29) is 17.2 Å². The van der Waals surface area contributed by atoms with E-state index in [9.17, 15) is 13.2 Å². The summed E-state index contributed by atoms with van der Waals surface area (Å²) >= 11 is 5.88. The van der Waals surface area contributed by atoms with Gasteiger partial charge in [-0.05, 0) is 54.8 Å². The molecular weight excluding hydrogens is 336 g/mol. The third-order valence-corrected chi connectivity index (χ3v) is 4.52. The Hall–Kier alpha value is -1.89. The zero-order valence-electron chi connectivity index (χ0n) is 12.5. The van der Waals surface area contributed by atoms with Crippen molar-refractivity contribution in [2.75, 3.05) is 5.32 Å². The number of hydrogen-bond donors (Lipinski definition) is 2. The molecule has 2 rings (SSSR count). The van der Waals surface area contributed by atoms with Gasteiger partial charge in [0.1, 0.15) is 0 Å². The molecule has 0 saturated carbocycles. The summed E-state index contributed by atoms with van der Waals surface area (Å²) in [4.78, 5) is 12.0. The SMILES string of the molecule is Cc1cc(Cl)ccc1NC(=O)CCc1ccc(S(N)(=O)=O)cc1. The Bertz CT molecular complexity index is 818. The summed E-state index contributed by atoms with van der Waals surface area (Å²) in [7, 11) is -3.69. The van der Waals surface area contributed by atoms with Gasteiger partial charge in [0.15, 0.2) is 0 Å². The van der Waals surface area contributed by atoms with Crippen LogP contribution in [-0.2, 0) is 21.2 Å². The summed E-state index contributed by atoms with van der Waals surface area (Å²) < 4.78 is 22.3. The molecule has 7 heteroatoms. The van der Waals surface area contributed by atoms with Crippen LogP contribution in [0, 0.1) is 6.92 Å². The maximum Gasteiger partial charge on any atom is 0.238 e. The number of carbonyl (C=O) groups excluding carboxylic acids is 1. The molecule has 2 aromatic carbocycles. The van der Waals surface area contributed by atoms with Crippen LogP contribution < -0.4 is 10.5 Å². The lowest BCUT2D eigenvalue weighted by Crippen LogP contribution is -2.13. The molecule has 0 radical (unpaired) electrons. The predicted molar refractivity (Wildman–Crippen MR) is 91.0 cm³/mol. The molecule has 0 aromatic heterocycles. The summed E-state index contributed by atoms with van der Waals surface area (Å²) in [5.74, 6) is -0.119. The highest BCUT2D eigenvalue weighted by atomic mass is 35.5. The van der Waals surface area contributed by atoms with Crippen molar-refractivity contribution in [1.82, 2.24) is 0 Å². The van der Waals surface area contributed by atoms with E-state index in [1.165, 1.54) is 12.1 Å². The summed E-state index contributed by atoms with van der Waals surface area (Å²) in [6.45, 7) is 1.87. The molecule has 0 bridgehead atoms. The number of benzene rings is 2. The van der Waals surface area contributed by atoms with Gasteiger partial charge in [-0.3, -0.25) is 4.79 Å². The van der Waals surface area contributed by atoms with Gasteiger partial charge in [-0.25, -0.2) is 13.6 Å². The minimum absolute atomic E-state index is 0.0579. The summed E-state index contributed by atoms with van der Waals surface area (Å²) in [6.07, 6.45) is 0.792. The van der Waals surface area contributed by atoms with Crippen LogP contribution in [0.2, 0.25) is 5.02 Å². The van der Waals surface area contributed by atoms with Gasteiger partial charge in [0, 0.05) is 17.1 Å². The van der Waals surface area contributed by atoms with E-state index in [2.05, 4.69) is 5.32 Å². The first kappa shape index (κ1) is 17.5. The van der Waals surface area contributed by atoms with E-state index >= 15 is 0 Å². The molecule has 0 unspecified atom stereocenters. The standard InChI is InChI=1S/C16H17ClN2O3S/c1-11-10-13(17)5-8-15(11)19-16(20)9-4-12-2-6-14(7-3-12)23(18,21)22/h2-3,5-8,10H,4,9H2,1H3,(H,19,20)(H2,18,21,22). The Kier molecular flexibility index (Phi) is 5.41. The molecule has 0 aliphatic carbocycles. The number of rotatable bonds is 5. The smallest absolute Gasteiger partial charge is 0.238 e. The first-order chi connectivity index (χ1) is 10.8. The van der Waals surface area contributed by atoms with E-state index < -0.39 is 10.0 Å². The second kappa shape index (κ2) is 7.12. The van der Waals surface area contributed by atoms with Gasteiger partial charge in [-0.2, -0.15) is 0 Å². The lowest BCUT2D eigenvalue weighted by atomic mass is 10.1. The Morgan fingerprint density at radius 1 is 1.17 bits per heavy atom. The largest absolute Gasteiger partial charge is 0.326 e. The van der Waals surface area contributed by atoms with Gasteiger partial charge >= 0.3 is 0 Å². The maximum absolute atomic E-state index is 12.0. The van der Waals surface area contributed by atoms with Crippen molar-refractivity contribution in [3.8, 4) is 0 Å². The quantitative estimate of drug-likeness (QED) is 0.867. The topological polar surface area (TPSA) is 89.3 Å². The van der Waals surface area contributed by atoms with Crippen LogP contribution in [0.3, 0.4) is 0 Å². The monoisotopic (exact) mass is 352 g/mol. The number of hydrogen-bond acceptors (Lipinski definition) is 3. The molecule has 0 spiro atoms. The highest BCUT2D eigenvalue weighted by Gasteiger charge is 2.08. The molecule has 23 heavy (non-hydrogen) atoms. The number of nitrogens with two attached hydrogens (primary N) is 1. The fourth-order valence-electron chi connectivity index (χ4n) is 2.08. The number of aryl methyl sites for hydroxylation is 2. The molecule has 3 N–H and O–H groups in total. The fourth-order valence-corrected chi connectivity index (χ4v) is 2.83. The number of carbonyl (C=O) groups is 1. The average Bonchev–Trinajstić information content (AvgIpc) is 2.47. The van der Waals surface area contributed by atoms with Crippen molar-refractivity contribution in [3.05, 3.63) is 58.6 Å². The number of amides is 1. The summed E-state index contributed by atoms with van der Waals surface area (Å²) in [5, 5.41) is 8.49. The van der Waals surface area contributed by atoms with Crippen molar-refractivity contribution in [2.24, 2.45) is 5.14 Å². The third-order valence-electron chi connectivity index (χ3n) is 3.36. The van der Waals surface area contributed by atoms with Gasteiger partial charge in [-0.1, -0.05) is 23.7 Å². The minimum Gasteiger partial charge on any atom is -0.326 e. The van der Waals surface area contributed by atoms with Gasteiger partial charge in [0.2, 0.25) is 15.9 Å². The Morgan fingerprint density at radius 3 is 2.39 bits per heavy atom. The number of anilines is 1. The fraction of sp³-hybridized carbons (Fsp3) is 0.188. The molecule has 5 nitrogen and oxygen atoms in total. The molecule has 0 aliphatic rings. The van der Waals surface area contributed by atoms with Crippen molar-refractivity contribution in [2.45, 2.75) is 24.7 Å². The Morgan fingerprint density at radius 2 is 1.83 bits per heavy atom. The van der Waals surface area contributed by atoms with Crippen molar-refractivity contribution < 1.29 is 13.2 Å². The number of halogens is 1. The molecule has 0 atom stereocenters. The molecule has 0 fully saturated rings.